The number of carbonyl (C=O) groups is 1. The zero-order chi connectivity index (χ0) is 13.7. The summed E-state index contributed by atoms with van der Waals surface area (Å²) < 4.78 is 0. The molecular formula is C15H14ClNO2. The quantitative estimate of drug-likeness (QED) is 0.901. The van der Waals surface area contributed by atoms with E-state index < -0.39 is 0 Å². The van der Waals surface area contributed by atoms with Gasteiger partial charge in [0.25, 0.3) is 0 Å². The van der Waals surface area contributed by atoms with E-state index in [2.05, 4.69) is 5.32 Å². The van der Waals surface area contributed by atoms with E-state index in [4.69, 9.17) is 11.6 Å². The van der Waals surface area contributed by atoms with Crippen LogP contribution >= 0.6 is 11.6 Å². The van der Waals surface area contributed by atoms with E-state index in [1.165, 1.54) is 0 Å². The number of phenolic OH excluding ortho intramolecular Hbond substituents is 1. The van der Waals surface area contributed by atoms with Gasteiger partial charge in [-0.15, -0.1) is 0 Å². The normalized spacial score (nSPS) is 10.2. The molecule has 0 aliphatic carbocycles. The summed E-state index contributed by atoms with van der Waals surface area (Å²) in [5.74, 6) is 0.0971. The van der Waals surface area contributed by atoms with Gasteiger partial charge >= 0.3 is 0 Å². The maximum absolute atomic E-state index is 11.8. The summed E-state index contributed by atoms with van der Waals surface area (Å²) in [6, 6.07) is 14.1. The van der Waals surface area contributed by atoms with E-state index >= 15 is 0 Å². The van der Waals surface area contributed by atoms with Crippen molar-refractivity contribution in [2.75, 3.05) is 0 Å². The van der Waals surface area contributed by atoms with E-state index in [0.29, 0.717) is 23.6 Å². The van der Waals surface area contributed by atoms with Crippen molar-refractivity contribution < 1.29 is 9.90 Å². The topological polar surface area (TPSA) is 49.3 Å². The van der Waals surface area contributed by atoms with Gasteiger partial charge in [0, 0.05) is 17.1 Å². The van der Waals surface area contributed by atoms with Crippen molar-refractivity contribution in [2.45, 2.75) is 13.0 Å². The molecule has 0 radical (unpaired) electrons. The van der Waals surface area contributed by atoms with Crippen LogP contribution in [0.2, 0.25) is 5.02 Å². The first-order chi connectivity index (χ1) is 9.15. The molecule has 1 amide bonds. The van der Waals surface area contributed by atoms with E-state index in [9.17, 15) is 9.90 Å². The van der Waals surface area contributed by atoms with Crippen molar-refractivity contribution in [1.82, 2.24) is 5.32 Å². The van der Waals surface area contributed by atoms with Gasteiger partial charge in [0.15, 0.2) is 0 Å². The van der Waals surface area contributed by atoms with Gasteiger partial charge in [-0.05, 0) is 23.8 Å². The summed E-state index contributed by atoms with van der Waals surface area (Å²) >= 11 is 5.78. The van der Waals surface area contributed by atoms with Gasteiger partial charge in [0.2, 0.25) is 5.91 Å². The third-order valence-electron chi connectivity index (χ3n) is 2.75. The molecule has 0 saturated heterocycles. The molecular weight excluding hydrogens is 262 g/mol. The van der Waals surface area contributed by atoms with Gasteiger partial charge < -0.3 is 10.4 Å². The maximum Gasteiger partial charge on any atom is 0.224 e. The predicted molar refractivity (Wildman–Crippen MR) is 75.1 cm³/mol. The van der Waals surface area contributed by atoms with Crippen LogP contribution in [0.3, 0.4) is 0 Å². The molecule has 0 aromatic heterocycles. The van der Waals surface area contributed by atoms with E-state index in [0.717, 1.165) is 5.56 Å². The number of hydrogen-bond acceptors (Lipinski definition) is 2. The van der Waals surface area contributed by atoms with Crippen LogP contribution in [0, 0.1) is 0 Å². The van der Waals surface area contributed by atoms with Crippen molar-refractivity contribution in [1.29, 1.82) is 0 Å². The first-order valence-electron chi connectivity index (χ1n) is 5.93. The summed E-state index contributed by atoms with van der Waals surface area (Å²) in [5, 5.41) is 13.0. The number of phenols is 1. The van der Waals surface area contributed by atoms with E-state index in [1.54, 1.807) is 30.3 Å². The van der Waals surface area contributed by atoms with Crippen molar-refractivity contribution in [3.63, 3.8) is 0 Å². The first-order valence-corrected chi connectivity index (χ1v) is 6.31. The summed E-state index contributed by atoms with van der Waals surface area (Å²) in [6.07, 6.45) is 0.296. The lowest BCUT2D eigenvalue weighted by Gasteiger charge is -2.07. The van der Waals surface area contributed by atoms with Crippen LogP contribution in [0.1, 0.15) is 11.1 Å². The standard InChI is InChI=1S/C15H14ClNO2/c16-13-7-5-11(6-8-13)9-15(19)17-10-12-3-1-2-4-14(12)18/h1-8,18H,9-10H2,(H,17,19). The Morgan fingerprint density at radius 2 is 1.79 bits per heavy atom. The Bertz CT molecular complexity index is 567. The highest BCUT2D eigenvalue weighted by atomic mass is 35.5. The minimum Gasteiger partial charge on any atom is -0.508 e. The van der Waals surface area contributed by atoms with Crippen molar-refractivity contribution in [3.8, 4) is 5.75 Å². The molecule has 0 aliphatic rings. The Kier molecular flexibility index (Phi) is 4.42. The Balaban J connectivity index is 1.88. The van der Waals surface area contributed by atoms with Crippen molar-refractivity contribution in [2.24, 2.45) is 0 Å². The Morgan fingerprint density at radius 3 is 2.47 bits per heavy atom. The lowest BCUT2D eigenvalue weighted by Crippen LogP contribution is -2.24. The molecule has 2 aromatic rings. The maximum atomic E-state index is 11.8. The predicted octanol–water partition coefficient (Wildman–Crippen LogP) is 2.90. The second-order valence-corrected chi connectivity index (χ2v) is 4.65. The summed E-state index contributed by atoms with van der Waals surface area (Å²) in [4.78, 5) is 11.8. The zero-order valence-corrected chi connectivity index (χ0v) is 11.0. The van der Waals surface area contributed by atoms with Gasteiger partial charge in [-0.2, -0.15) is 0 Å². The highest BCUT2D eigenvalue weighted by Gasteiger charge is 2.05. The summed E-state index contributed by atoms with van der Waals surface area (Å²) in [7, 11) is 0. The highest BCUT2D eigenvalue weighted by Crippen LogP contribution is 2.15. The number of nitrogens with one attached hydrogen (secondary N) is 1. The molecule has 2 N–H and O–H groups in total. The van der Waals surface area contributed by atoms with E-state index in [1.807, 2.05) is 18.2 Å². The van der Waals surface area contributed by atoms with Gasteiger partial charge in [0.05, 0.1) is 6.42 Å². The van der Waals surface area contributed by atoms with Crippen LogP contribution in [0.15, 0.2) is 48.5 Å². The fourth-order valence-corrected chi connectivity index (χ4v) is 1.83. The van der Waals surface area contributed by atoms with Crippen LogP contribution in [0.25, 0.3) is 0 Å². The minimum absolute atomic E-state index is 0.0921. The Hall–Kier alpha value is -2.00. The molecule has 19 heavy (non-hydrogen) atoms. The third-order valence-corrected chi connectivity index (χ3v) is 3.00. The van der Waals surface area contributed by atoms with Gasteiger partial charge in [-0.25, -0.2) is 0 Å². The van der Waals surface area contributed by atoms with Crippen molar-refractivity contribution >= 4 is 17.5 Å². The van der Waals surface area contributed by atoms with Gasteiger partial charge in [0.1, 0.15) is 5.75 Å². The number of para-hydroxylation sites is 1. The van der Waals surface area contributed by atoms with Gasteiger partial charge in [-0.1, -0.05) is 41.9 Å². The molecule has 98 valence electrons. The number of amides is 1. The molecule has 0 heterocycles. The van der Waals surface area contributed by atoms with Crippen LogP contribution in [0.5, 0.6) is 5.75 Å². The number of benzene rings is 2. The third kappa shape index (κ3) is 4.00. The fraction of sp³-hybridized carbons (Fsp3) is 0.133. The SMILES string of the molecule is O=C(Cc1ccc(Cl)cc1)NCc1ccccc1O. The van der Waals surface area contributed by atoms with Crippen LogP contribution in [-0.4, -0.2) is 11.0 Å². The lowest BCUT2D eigenvalue weighted by molar-refractivity contribution is -0.120. The second-order valence-electron chi connectivity index (χ2n) is 4.21. The number of aromatic hydroxyl groups is 1. The largest absolute Gasteiger partial charge is 0.508 e. The molecule has 2 aromatic carbocycles. The summed E-state index contributed by atoms with van der Waals surface area (Å²) in [6.45, 7) is 0.319. The van der Waals surface area contributed by atoms with Crippen molar-refractivity contribution in [3.05, 3.63) is 64.7 Å². The van der Waals surface area contributed by atoms with Gasteiger partial charge in [-0.3, -0.25) is 4.79 Å². The average molecular weight is 276 g/mol. The molecule has 0 aliphatic heterocycles. The average Bonchev–Trinajstić information content (AvgIpc) is 2.40. The molecule has 0 spiro atoms. The monoisotopic (exact) mass is 275 g/mol. The smallest absolute Gasteiger partial charge is 0.224 e. The zero-order valence-electron chi connectivity index (χ0n) is 10.3. The highest BCUT2D eigenvalue weighted by molar-refractivity contribution is 6.30. The molecule has 0 unspecified atom stereocenters. The lowest BCUT2D eigenvalue weighted by atomic mass is 10.1. The Morgan fingerprint density at radius 1 is 1.11 bits per heavy atom. The number of carbonyl (C=O) groups excluding carboxylic acids is 1. The minimum atomic E-state index is -0.0921. The van der Waals surface area contributed by atoms with Crippen LogP contribution in [0.4, 0.5) is 0 Å². The molecule has 0 bridgehead atoms. The Labute approximate surface area is 116 Å². The van der Waals surface area contributed by atoms with E-state index in [-0.39, 0.29) is 11.7 Å². The second kappa shape index (κ2) is 6.25. The molecule has 4 heteroatoms. The summed E-state index contributed by atoms with van der Waals surface area (Å²) in [5.41, 5.74) is 1.60. The number of rotatable bonds is 4. The first kappa shape index (κ1) is 13.4. The molecule has 0 atom stereocenters. The fourth-order valence-electron chi connectivity index (χ4n) is 1.70. The molecule has 3 nitrogen and oxygen atoms in total. The molecule has 0 saturated carbocycles. The number of hydrogen-bond donors (Lipinski definition) is 2. The molecule has 0 fully saturated rings. The molecule has 2 rings (SSSR count). The number of halogens is 1. The van der Waals surface area contributed by atoms with Crippen LogP contribution in [-0.2, 0) is 17.8 Å². The van der Waals surface area contributed by atoms with Crippen LogP contribution < -0.4 is 5.32 Å².